The second-order valence-electron chi connectivity index (χ2n) is 4.16. The lowest BCUT2D eigenvalue weighted by Gasteiger charge is -2.11. The van der Waals surface area contributed by atoms with Crippen LogP contribution in [0.1, 0.15) is 22.8 Å². The van der Waals surface area contributed by atoms with E-state index in [2.05, 4.69) is 10.3 Å². The van der Waals surface area contributed by atoms with Crippen LogP contribution in [0.25, 0.3) is 0 Å². The van der Waals surface area contributed by atoms with Crippen molar-refractivity contribution in [3.63, 3.8) is 0 Å². The van der Waals surface area contributed by atoms with Crippen LogP contribution in [0.5, 0.6) is 5.75 Å². The zero-order chi connectivity index (χ0) is 14.4. The molecule has 5 nitrogen and oxygen atoms in total. The van der Waals surface area contributed by atoms with E-state index in [4.69, 9.17) is 10.5 Å². The zero-order valence-corrected chi connectivity index (χ0v) is 11.3. The molecular formula is C15H17N3O2. The highest BCUT2D eigenvalue weighted by Crippen LogP contribution is 2.22. The molecule has 0 saturated heterocycles. The molecule has 1 aromatic heterocycles. The largest absolute Gasteiger partial charge is 0.494 e. The summed E-state index contributed by atoms with van der Waals surface area (Å²) in [7, 11) is 0. The minimum absolute atomic E-state index is 0.203. The Labute approximate surface area is 117 Å². The van der Waals surface area contributed by atoms with Crippen molar-refractivity contribution in [3.8, 4) is 5.75 Å². The quantitative estimate of drug-likeness (QED) is 0.874. The normalized spacial score (nSPS) is 10.1. The third kappa shape index (κ3) is 3.33. The molecule has 2 aromatic rings. The fourth-order valence-corrected chi connectivity index (χ4v) is 1.81. The summed E-state index contributed by atoms with van der Waals surface area (Å²) in [6.07, 6.45) is 3.15. The number of carbonyl (C=O) groups is 1. The van der Waals surface area contributed by atoms with E-state index in [9.17, 15) is 4.79 Å². The average molecular weight is 271 g/mol. The van der Waals surface area contributed by atoms with Crippen molar-refractivity contribution in [1.29, 1.82) is 0 Å². The Hall–Kier alpha value is -2.40. The van der Waals surface area contributed by atoms with Crippen LogP contribution in [0.2, 0.25) is 0 Å². The van der Waals surface area contributed by atoms with Crippen LogP contribution in [0, 0.1) is 0 Å². The monoisotopic (exact) mass is 271 g/mol. The molecule has 0 aliphatic carbocycles. The van der Waals surface area contributed by atoms with Crippen LogP contribution in [0.4, 0.5) is 5.69 Å². The Morgan fingerprint density at radius 2 is 2.25 bits per heavy atom. The van der Waals surface area contributed by atoms with Gasteiger partial charge in [-0.05, 0) is 37.3 Å². The number of anilines is 1. The number of aromatic nitrogens is 1. The lowest BCUT2D eigenvalue weighted by atomic mass is 10.1. The van der Waals surface area contributed by atoms with Crippen molar-refractivity contribution in [2.75, 3.05) is 11.9 Å². The minimum atomic E-state index is -0.203. The van der Waals surface area contributed by atoms with E-state index in [-0.39, 0.29) is 5.91 Å². The van der Waals surface area contributed by atoms with Gasteiger partial charge in [-0.2, -0.15) is 0 Å². The van der Waals surface area contributed by atoms with Crippen LogP contribution in [-0.2, 0) is 6.54 Å². The Bertz CT molecular complexity index is 585. The number of nitrogens with two attached hydrogens (primary N) is 1. The van der Waals surface area contributed by atoms with Gasteiger partial charge < -0.3 is 15.8 Å². The summed E-state index contributed by atoms with van der Waals surface area (Å²) in [6.45, 7) is 2.85. The van der Waals surface area contributed by atoms with E-state index in [1.54, 1.807) is 24.4 Å². The highest BCUT2D eigenvalue weighted by molar-refractivity contribution is 6.04. The summed E-state index contributed by atoms with van der Waals surface area (Å²) >= 11 is 0. The lowest BCUT2D eigenvalue weighted by Crippen LogP contribution is -2.12. The first-order chi connectivity index (χ1) is 9.74. The molecule has 0 fully saturated rings. The topological polar surface area (TPSA) is 77.2 Å². The molecule has 0 atom stereocenters. The van der Waals surface area contributed by atoms with Gasteiger partial charge in [0.25, 0.3) is 5.91 Å². The molecule has 2 rings (SSSR count). The number of nitrogens with one attached hydrogen (secondary N) is 1. The maximum atomic E-state index is 12.0. The number of pyridine rings is 1. The number of benzene rings is 1. The van der Waals surface area contributed by atoms with Crippen molar-refractivity contribution >= 4 is 11.6 Å². The molecule has 0 bridgehead atoms. The Morgan fingerprint density at radius 1 is 1.40 bits per heavy atom. The standard InChI is InChI=1S/C15H17N3O2/c1-2-20-14-6-5-13(8-12(14)9-16)18-15(19)11-4-3-7-17-10-11/h3-8,10H,2,9,16H2,1H3,(H,18,19). The van der Waals surface area contributed by atoms with Crippen molar-refractivity contribution in [1.82, 2.24) is 4.98 Å². The summed E-state index contributed by atoms with van der Waals surface area (Å²) in [6, 6.07) is 8.85. The molecule has 1 aromatic carbocycles. The molecular weight excluding hydrogens is 254 g/mol. The molecule has 0 aliphatic rings. The molecule has 20 heavy (non-hydrogen) atoms. The molecule has 0 spiro atoms. The van der Waals surface area contributed by atoms with E-state index in [0.717, 1.165) is 11.3 Å². The number of hydrogen-bond donors (Lipinski definition) is 2. The van der Waals surface area contributed by atoms with E-state index < -0.39 is 0 Å². The van der Waals surface area contributed by atoms with Crippen molar-refractivity contribution in [2.24, 2.45) is 5.73 Å². The van der Waals surface area contributed by atoms with Crippen LogP contribution >= 0.6 is 0 Å². The molecule has 0 unspecified atom stereocenters. The molecule has 3 N–H and O–H groups in total. The molecule has 5 heteroatoms. The van der Waals surface area contributed by atoms with Crippen molar-refractivity contribution < 1.29 is 9.53 Å². The van der Waals surface area contributed by atoms with Gasteiger partial charge in [0.2, 0.25) is 0 Å². The lowest BCUT2D eigenvalue weighted by molar-refractivity contribution is 0.102. The number of carbonyl (C=O) groups excluding carboxylic acids is 1. The Kier molecular flexibility index (Phi) is 4.68. The van der Waals surface area contributed by atoms with Gasteiger partial charge in [-0.3, -0.25) is 9.78 Å². The first kappa shape index (κ1) is 14.0. The van der Waals surface area contributed by atoms with Gasteiger partial charge in [0.1, 0.15) is 5.75 Å². The van der Waals surface area contributed by atoms with Gasteiger partial charge in [-0.25, -0.2) is 0 Å². The molecule has 1 amide bonds. The van der Waals surface area contributed by atoms with Crippen molar-refractivity contribution in [2.45, 2.75) is 13.5 Å². The molecule has 0 radical (unpaired) electrons. The van der Waals surface area contributed by atoms with Crippen LogP contribution < -0.4 is 15.8 Å². The van der Waals surface area contributed by atoms with Gasteiger partial charge >= 0.3 is 0 Å². The summed E-state index contributed by atoms with van der Waals surface area (Å²) < 4.78 is 5.47. The van der Waals surface area contributed by atoms with Gasteiger partial charge in [-0.1, -0.05) is 0 Å². The maximum Gasteiger partial charge on any atom is 0.257 e. The van der Waals surface area contributed by atoms with Crippen LogP contribution in [-0.4, -0.2) is 17.5 Å². The molecule has 0 saturated carbocycles. The van der Waals surface area contributed by atoms with E-state index >= 15 is 0 Å². The summed E-state index contributed by atoms with van der Waals surface area (Å²) in [5.41, 5.74) is 7.74. The predicted octanol–water partition coefficient (Wildman–Crippen LogP) is 2.19. The summed E-state index contributed by atoms with van der Waals surface area (Å²) in [4.78, 5) is 15.9. The van der Waals surface area contributed by atoms with Gasteiger partial charge in [0, 0.05) is 30.2 Å². The maximum absolute atomic E-state index is 12.0. The van der Waals surface area contributed by atoms with Crippen LogP contribution in [0.3, 0.4) is 0 Å². The fraction of sp³-hybridized carbons (Fsp3) is 0.200. The van der Waals surface area contributed by atoms with Crippen molar-refractivity contribution in [3.05, 3.63) is 53.9 Å². The second kappa shape index (κ2) is 6.68. The van der Waals surface area contributed by atoms with Crippen LogP contribution in [0.15, 0.2) is 42.7 Å². The first-order valence-corrected chi connectivity index (χ1v) is 6.41. The van der Waals surface area contributed by atoms with Gasteiger partial charge in [-0.15, -0.1) is 0 Å². The molecule has 104 valence electrons. The number of nitrogens with zero attached hydrogens (tertiary/aromatic N) is 1. The van der Waals surface area contributed by atoms with Gasteiger partial charge in [0.05, 0.1) is 12.2 Å². The molecule has 0 aliphatic heterocycles. The summed E-state index contributed by atoms with van der Waals surface area (Å²) in [5.74, 6) is 0.541. The highest BCUT2D eigenvalue weighted by Gasteiger charge is 2.08. The second-order valence-corrected chi connectivity index (χ2v) is 4.16. The fourth-order valence-electron chi connectivity index (χ4n) is 1.81. The third-order valence-corrected chi connectivity index (χ3v) is 2.76. The average Bonchev–Trinajstić information content (AvgIpc) is 2.50. The zero-order valence-electron chi connectivity index (χ0n) is 11.3. The third-order valence-electron chi connectivity index (χ3n) is 2.76. The smallest absolute Gasteiger partial charge is 0.257 e. The Balaban J connectivity index is 2.16. The van der Waals surface area contributed by atoms with E-state index in [1.165, 1.54) is 6.20 Å². The minimum Gasteiger partial charge on any atom is -0.494 e. The predicted molar refractivity (Wildman–Crippen MR) is 77.7 cm³/mol. The Morgan fingerprint density at radius 3 is 2.90 bits per heavy atom. The number of rotatable bonds is 5. The van der Waals surface area contributed by atoms with E-state index in [1.807, 2.05) is 19.1 Å². The summed E-state index contributed by atoms with van der Waals surface area (Å²) in [5, 5.41) is 2.81. The number of ether oxygens (including phenoxy) is 1. The molecule has 1 heterocycles. The SMILES string of the molecule is CCOc1ccc(NC(=O)c2cccnc2)cc1CN. The van der Waals surface area contributed by atoms with E-state index in [0.29, 0.717) is 24.4 Å². The van der Waals surface area contributed by atoms with Gasteiger partial charge in [0.15, 0.2) is 0 Å². The number of hydrogen-bond acceptors (Lipinski definition) is 4. The number of amides is 1. The highest BCUT2D eigenvalue weighted by atomic mass is 16.5. The first-order valence-electron chi connectivity index (χ1n) is 6.41.